The van der Waals surface area contributed by atoms with Crippen LogP contribution in [0.1, 0.15) is 18.4 Å². The minimum Gasteiger partial charge on any atom is -0.482 e. The van der Waals surface area contributed by atoms with Crippen molar-refractivity contribution in [2.75, 3.05) is 11.5 Å². The van der Waals surface area contributed by atoms with Gasteiger partial charge in [-0.25, -0.2) is 4.90 Å². The Hall–Kier alpha value is -1.92. The molecule has 0 unspecified atom stereocenters. The zero-order chi connectivity index (χ0) is 13.6. The molecule has 19 heavy (non-hydrogen) atoms. The van der Waals surface area contributed by atoms with Crippen LogP contribution in [0.4, 0.5) is 5.69 Å². The Morgan fingerprint density at radius 3 is 2.79 bits per heavy atom. The van der Waals surface area contributed by atoms with Gasteiger partial charge in [0.2, 0.25) is 0 Å². The summed E-state index contributed by atoms with van der Waals surface area (Å²) in [7, 11) is 0. The normalized spacial score (nSPS) is 19.7. The molecule has 6 nitrogen and oxygen atoms in total. The monoisotopic (exact) mass is 261 g/mol. The number of hydrogen-bond acceptors (Lipinski definition) is 5. The summed E-state index contributed by atoms with van der Waals surface area (Å²) in [5.41, 5.74) is 11.9. The molecule has 100 valence electrons. The molecule has 0 atom stereocenters. The van der Waals surface area contributed by atoms with Gasteiger partial charge in [0.05, 0.1) is 11.2 Å². The van der Waals surface area contributed by atoms with Crippen LogP contribution in [0.2, 0.25) is 0 Å². The van der Waals surface area contributed by atoms with Crippen LogP contribution >= 0.6 is 0 Å². The van der Waals surface area contributed by atoms with Crippen LogP contribution in [0, 0.1) is 0 Å². The molecule has 0 aromatic heterocycles. The molecule has 4 N–H and O–H groups in total. The first-order valence-electron chi connectivity index (χ1n) is 6.17. The molecule has 2 aliphatic rings. The molecular weight excluding hydrogens is 246 g/mol. The van der Waals surface area contributed by atoms with Crippen LogP contribution < -0.4 is 21.1 Å². The number of ether oxygens (including phenoxy) is 1. The van der Waals surface area contributed by atoms with Crippen molar-refractivity contribution < 1.29 is 14.3 Å². The quantitative estimate of drug-likeness (QED) is 0.724. The van der Waals surface area contributed by atoms with Crippen molar-refractivity contribution in [2.24, 2.45) is 11.5 Å². The summed E-state index contributed by atoms with van der Waals surface area (Å²) >= 11 is 0. The Bertz CT molecular complexity index is 566. The standard InChI is InChI=1S/C13H15N3O3/c14-6-8-1-2-10-9(5-8)16(11(17)7-19-10)12(18)13(15)3-4-13/h1-2,5H,3-4,6-7,14-15H2. The van der Waals surface area contributed by atoms with E-state index in [0.29, 0.717) is 30.8 Å². The number of nitrogens with two attached hydrogens (primary N) is 2. The lowest BCUT2D eigenvalue weighted by Gasteiger charge is -2.30. The van der Waals surface area contributed by atoms with Gasteiger partial charge in [0.1, 0.15) is 5.75 Å². The topological polar surface area (TPSA) is 98.6 Å². The van der Waals surface area contributed by atoms with E-state index >= 15 is 0 Å². The highest BCUT2D eigenvalue weighted by Gasteiger charge is 2.51. The summed E-state index contributed by atoms with van der Waals surface area (Å²) in [5.74, 6) is -0.228. The number of carbonyl (C=O) groups excluding carboxylic acids is 2. The molecule has 6 heteroatoms. The van der Waals surface area contributed by atoms with Crippen LogP contribution in [0.5, 0.6) is 5.75 Å². The fourth-order valence-corrected chi connectivity index (χ4v) is 2.12. The van der Waals surface area contributed by atoms with E-state index in [2.05, 4.69) is 0 Å². The van der Waals surface area contributed by atoms with Crippen LogP contribution in [0.3, 0.4) is 0 Å². The maximum Gasteiger partial charge on any atom is 0.271 e. The van der Waals surface area contributed by atoms with Gasteiger partial charge in [-0.3, -0.25) is 9.59 Å². The van der Waals surface area contributed by atoms with E-state index in [9.17, 15) is 9.59 Å². The van der Waals surface area contributed by atoms with Crippen molar-refractivity contribution in [1.82, 2.24) is 0 Å². The predicted molar refractivity (Wildman–Crippen MR) is 68.5 cm³/mol. The van der Waals surface area contributed by atoms with Gasteiger partial charge in [-0.1, -0.05) is 6.07 Å². The maximum absolute atomic E-state index is 12.3. The number of carbonyl (C=O) groups is 2. The van der Waals surface area contributed by atoms with Crippen molar-refractivity contribution in [2.45, 2.75) is 24.9 Å². The first kappa shape index (κ1) is 12.1. The number of nitrogens with zero attached hydrogens (tertiary/aromatic N) is 1. The second kappa shape index (κ2) is 4.04. The SMILES string of the molecule is NCc1ccc2c(c1)N(C(=O)C1(N)CC1)C(=O)CO2. The second-order valence-electron chi connectivity index (χ2n) is 4.99. The Kier molecular flexibility index (Phi) is 2.58. The average molecular weight is 261 g/mol. The van der Waals surface area contributed by atoms with E-state index in [4.69, 9.17) is 16.2 Å². The lowest BCUT2D eigenvalue weighted by Crippen LogP contribution is -2.51. The molecule has 1 aromatic rings. The zero-order valence-electron chi connectivity index (χ0n) is 10.4. The highest BCUT2D eigenvalue weighted by Crippen LogP contribution is 2.39. The summed E-state index contributed by atoms with van der Waals surface area (Å²) in [6, 6.07) is 5.24. The van der Waals surface area contributed by atoms with Crippen molar-refractivity contribution in [3.05, 3.63) is 23.8 Å². The lowest BCUT2D eigenvalue weighted by atomic mass is 10.1. The maximum atomic E-state index is 12.3. The highest BCUT2D eigenvalue weighted by molar-refractivity contribution is 6.20. The second-order valence-corrected chi connectivity index (χ2v) is 4.99. The Labute approximate surface area is 110 Å². The van der Waals surface area contributed by atoms with Gasteiger partial charge >= 0.3 is 0 Å². The third-order valence-electron chi connectivity index (χ3n) is 3.52. The van der Waals surface area contributed by atoms with Gasteiger partial charge in [0.15, 0.2) is 6.61 Å². The molecular formula is C13H15N3O3. The van der Waals surface area contributed by atoms with E-state index in [-0.39, 0.29) is 18.4 Å². The molecule has 2 amide bonds. The largest absolute Gasteiger partial charge is 0.482 e. The Morgan fingerprint density at radius 1 is 1.42 bits per heavy atom. The molecule has 3 rings (SSSR count). The number of fused-ring (bicyclic) bond motifs is 1. The third kappa shape index (κ3) is 1.89. The zero-order valence-corrected chi connectivity index (χ0v) is 10.4. The van der Waals surface area contributed by atoms with Gasteiger partial charge in [-0.05, 0) is 30.5 Å². The first-order chi connectivity index (χ1) is 9.05. The van der Waals surface area contributed by atoms with Crippen molar-refractivity contribution in [1.29, 1.82) is 0 Å². The first-order valence-corrected chi connectivity index (χ1v) is 6.17. The predicted octanol–water partition coefficient (Wildman–Crippen LogP) is -0.111. The van der Waals surface area contributed by atoms with Gasteiger partial charge < -0.3 is 16.2 Å². The highest BCUT2D eigenvalue weighted by atomic mass is 16.5. The van der Waals surface area contributed by atoms with E-state index in [0.717, 1.165) is 10.5 Å². The molecule has 1 saturated carbocycles. The molecule has 1 fully saturated rings. The van der Waals surface area contributed by atoms with Crippen molar-refractivity contribution >= 4 is 17.5 Å². The van der Waals surface area contributed by atoms with E-state index in [1.807, 2.05) is 6.07 Å². The summed E-state index contributed by atoms with van der Waals surface area (Å²) in [4.78, 5) is 25.5. The number of amides is 2. The van der Waals surface area contributed by atoms with Crippen LogP contribution in [-0.4, -0.2) is 24.0 Å². The Morgan fingerprint density at radius 2 is 2.16 bits per heavy atom. The van der Waals surface area contributed by atoms with Gasteiger partial charge in [-0.15, -0.1) is 0 Å². The molecule has 0 bridgehead atoms. The average Bonchev–Trinajstić information content (AvgIpc) is 3.16. The van der Waals surface area contributed by atoms with Gasteiger partial charge in [-0.2, -0.15) is 0 Å². The summed E-state index contributed by atoms with van der Waals surface area (Å²) in [6.07, 6.45) is 1.23. The van der Waals surface area contributed by atoms with E-state index < -0.39 is 5.54 Å². The summed E-state index contributed by atoms with van der Waals surface area (Å²) in [5, 5.41) is 0. The molecule has 1 aliphatic carbocycles. The smallest absolute Gasteiger partial charge is 0.271 e. The number of anilines is 1. The number of benzene rings is 1. The minimum absolute atomic E-state index is 0.142. The summed E-state index contributed by atoms with van der Waals surface area (Å²) < 4.78 is 5.32. The molecule has 1 aliphatic heterocycles. The van der Waals surface area contributed by atoms with E-state index in [1.165, 1.54) is 0 Å². The van der Waals surface area contributed by atoms with Crippen LogP contribution in [0.15, 0.2) is 18.2 Å². The van der Waals surface area contributed by atoms with Crippen LogP contribution in [-0.2, 0) is 16.1 Å². The van der Waals surface area contributed by atoms with Crippen molar-refractivity contribution in [3.8, 4) is 5.75 Å². The fourth-order valence-electron chi connectivity index (χ4n) is 2.12. The molecule has 1 heterocycles. The number of imide groups is 1. The Balaban J connectivity index is 2.05. The van der Waals surface area contributed by atoms with Gasteiger partial charge in [0.25, 0.3) is 11.8 Å². The fraction of sp³-hybridized carbons (Fsp3) is 0.385. The molecule has 1 aromatic carbocycles. The lowest BCUT2D eigenvalue weighted by molar-refractivity contribution is -0.129. The minimum atomic E-state index is -0.886. The molecule has 0 saturated heterocycles. The van der Waals surface area contributed by atoms with Crippen molar-refractivity contribution in [3.63, 3.8) is 0 Å². The van der Waals surface area contributed by atoms with Crippen LogP contribution in [0.25, 0.3) is 0 Å². The summed E-state index contributed by atoms with van der Waals surface area (Å²) in [6.45, 7) is 0.189. The molecule has 0 radical (unpaired) electrons. The number of rotatable bonds is 2. The molecule has 0 spiro atoms. The number of hydrogen-bond donors (Lipinski definition) is 2. The van der Waals surface area contributed by atoms with E-state index in [1.54, 1.807) is 12.1 Å². The van der Waals surface area contributed by atoms with Gasteiger partial charge in [0, 0.05) is 6.54 Å². The third-order valence-corrected chi connectivity index (χ3v) is 3.52.